The number of carboxylic acid groups (broad SMARTS) is 1. The fraction of sp³-hybridized carbons (Fsp3) is 0.923. The van der Waals surface area contributed by atoms with Crippen LogP contribution in [0.2, 0.25) is 0 Å². The average molecular weight is 245 g/mol. The zero-order chi connectivity index (χ0) is 13.3. The van der Waals surface area contributed by atoms with E-state index in [1.165, 1.54) is 0 Å². The van der Waals surface area contributed by atoms with Crippen LogP contribution in [0.25, 0.3) is 0 Å². The molecule has 17 heavy (non-hydrogen) atoms. The smallest absolute Gasteiger partial charge is 0.323 e. The second-order valence-corrected chi connectivity index (χ2v) is 5.07. The van der Waals surface area contributed by atoms with Gasteiger partial charge in [0.1, 0.15) is 5.54 Å². The second kappa shape index (κ2) is 8.48. The molecule has 0 aliphatic rings. The topological polar surface area (TPSA) is 58.6 Å². The minimum absolute atomic E-state index is 0.494. The van der Waals surface area contributed by atoms with Crippen LogP contribution >= 0.6 is 0 Å². The van der Waals surface area contributed by atoms with Gasteiger partial charge in [0, 0.05) is 13.2 Å². The Balaban J connectivity index is 3.73. The van der Waals surface area contributed by atoms with Crippen molar-refractivity contribution in [1.82, 2.24) is 5.32 Å². The fourth-order valence-corrected chi connectivity index (χ4v) is 1.63. The maximum atomic E-state index is 11.1. The highest BCUT2D eigenvalue weighted by molar-refractivity contribution is 5.78. The first kappa shape index (κ1) is 16.4. The van der Waals surface area contributed by atoms with E-state index in [-0.39, 0.29) is 0 Å². The molecule has 0 heterocycles. The third kappa shape index (κ3) is 7.34. The average Bonchev–Trinajstić information content (AvgIpc) is 2.23. The molecule has 0 fully saturated rings. The Hall–Kier alpha value is -0.610. The summed E-state index contributed by atoms with van der Waals surface area (Å²) >= 11 is 0. The van der Waals surface area contributed by atoms with Gasteiger partial charge in [-0.05, 0) is 38.6 Å². The normalized spacial score (nSPS) is 14.9. The lowest BCUT2D eigenvalue weighted by Crippen LogP contribution is -2.50. The molecule has 0 amide bonds. The van der Waals surface area contributed by atoms with Crippen molar-refractivity contribution >= 4 is 5.97 Å². The molecule has 0 aliphatic heterocycles. The third-order valence-electron chi connectivity index (χ3n) is 2.86. The lowest BCUT2D eigenvalue weighted by molar-refractivity contribution is -0.145. The maximum absolute atomic E-state index is 11.1. The SMILES string of the molecule is CCNC(C)(CCOCCCC(C)C)C(=O)O. The van der Waals surface area contributed by atoms with Crippen molar-refractivity contribution in [3.05, 3.63) is 0 Å². The summed E-state index contributed by atoms with van der Waals surface area (Å²) < 4.78 is 5.47. The number of aliphatic carboxylic acids is 1. The zero-order valence-electron chi connectivity index (χ0n) is 11.6. The molecule has 0 spiro atoms. The summed E-state index contributed by atoms with van der Waals surface area (Å²) in [5.41, 5.74) is -0.868. The Labute approximate surface area is 105 Å². The lowest BCUT2D eigenvalue weighted by Gasteiger charge is -2.25. The molecule has 2 N–H and O–H groups in total. The first-order valence-corrected chi connectivity index (χ1v) is 6.48. The number of likely N-dealkylation sites (N-methyl/N-ethyl adjacent to an activating group) is 1. The molecule has 4 heteroatoms. The van der Waals surface area contributed by atoms with Crippen LogP contribution in [-0.4, -0.2) is 36.4 Å². The Kier molecular flexibility index (Phi) is 8.17. The van der Waals surface area contributed by atoms with Crippen LogP contribution in [0.4, 0.5) is 0 Å². The van der Waals surface area contributed by atoms with E-state index in [1.807, 2.05) is 6.92 Å². The molecule has 4 nitrogen and oxygen atoms in total. The first-order valence-electron chi connectivity index (χ1n) is 6.48. The highest BCUT2D eigenvalue weighted by Crippen LogP contribution is 2.10. The van der Waals surface area contributed by atoms with Gasteiger partial charge in [0.25, 0.3) is 0 Å². The summed E-state index contributed by atoms with van der Waals surface area (Å²) in [5.74, 6) is -0.116. The van der Waals surface area contributed by atoms with E-state index >= 15 is 0 Å². The predicted molar refractivity (Wildman–Crippen MR) is 69.2 cm³/mol. The van der Waals surface area contributed by atoms with Crippen LogP contribution in [0.15, 0.2) is 0 Å². The lowest BCUT2D eigenvalue weighted by atomic mass is 9.98. The Morgan fingerprint density at radius 2 is 2.06 bits per heavy atom. The first-order chi connectivity index (χ1) is 7.92. The van der Waals surface area contributed by atoms with Crippen molar-refractivity contribution < 1.29 is 14.6 Å². The minimum Gasteiger partial charge on any atom is -0.480 e. The van der Waals surface area contributed by atoms with Gasteiger partial charge in [-0.2, -0.15) is 0 Å². The number of nitrogens with one attached hydrogen (secondary N) is 1. The van der Waals surface area contributed by atoms with Gasteiger partial charge in [-0.1, -0.05) is 20.8 Å². The van der Waals surface area contributed by atoms with E-state index < -0.39 is 11.5 Å². The van der Waals surface area contributed by atoms with E-state index in [0.29, 0.717) is 25.5 Å². The van der Waals surface area contributed by atoms with Crippen LogP contribution < -0.4 is 5.32 Å². The molecule has 0 aromatic carbocycles. The van der Waals surface area contributed by atoms with Gasteiger partial charge < -0.3 is 15.2 Å². The third-order valence-corrected chi connectivity index (χ3v) is 2.86. The van der Waals surface area contributed by atoms with Crippen LogP contribution in [0.5, 0.6) is 0 Å². The van der Waals surface area contributed by atoms with E-state index in [1.54, 1.807) is 6.92 Å². The number of hydrogen-bond donors (Lipinski definition) is 2. The van der Waals surface area contributed by atoms with Crippen molar-refractivity contribution in [2.24, 2.45) is 5.92 Å². The summed E-state index contributed by atoms with van der Waals surface area (Å²) in [6, 6.07) is 0. The highest BCUT2D eigenvalue weighted by Gasteiger charge is 2.31. The molecule has 0 bridgehead atoms. The quantitative estimate of drug-likeness (QED) is 0.580. The highest BCUT2D eigenvalue weighted by atomic mass is 16.5. The van der Waals surface area contributed by atoms with Crippen LogP contribution in [0, 0.1) is 5.92 Å². The van der Waals surface area contributed by atoms with E-state index in [0.717, 1.165) is 19.4 Å². The summed E-state index contributed by atoms with van der Waals surface area (Å²) in [5, 5.41) is 12.1. The molecule has 0 radical (unpaired) electrons. The van der Waals surface area contributed by atoms with Gasteiger partial charge in [0.2, 0.25) is 0 Å². The maximum Gasteiger partial charge on any atom is 0.323 e. The van der Waals surface area contributed by atoms with Gasteiger partial charge in [0.15, 0.2) is 0 Å². The minimum atomic E-state index is -0.868. The van der Waals surface area contributed by atoms with Crippen molar-refractivity contribution in [2.45, 2.75) is 52.5 Å². The molecule has 102 valence electrons. The Bertz CT molecular complexity index is 219. The Morgan fingerprint density at radius 1 is 1.41 bits per heavy atom. The summed E-state index contributed by atoms with van der Waals surface area (Å²) in [7, 11) is 0. The molecule has 1 atom stereocenters. The number of rotatable bonds is 10. The largest absolute Gasteiger partial charge is 0.480 e. The van der Waals surface area contributed by atoms with Crippen LogP contribution in [-0.2, 0) is 9.53 Å². The molecule has 0 rings (SSSR count). The van der Waals surface area contributed by atoms with Gasteiger partial charge in [-0.3, -0.25) is 4.79 Å². The molecular formula is C13H27NO3. The van der Waals surface area contributed by atoms with Crippen molar-refractivity contribution in [3.8, 4) is 0 Å². The fourth-order valence-electron chi connectivity index (χ4n) is 1.63. The van der Waals surface area contributed by atoms with E-state index in [2.05, 4.69) is 19.2 Å². The monoisotopic (exact) mass is 245 g/mol. The predicted octanol–water partition coefficient (Wildman–Crippen LogP) is 2.28. The van der Waals surface area contributed by atoms with E-state index in [9.17, 15) is 4.79 Å². The Morgan fingerprint density at radius 3 is 2.53 bits per heavy atom. The molecule has 1 unspecified atom stereocenters. The van der Waals surface area contributed by atoms with Crippen molar-refractivity contribution in [2.75, 3.05) is 19.8 Å². The zero-order valence-corrected chi connectivity index (χ0v) is 11.6. The van der Waals surface area contributed by atoms with Gasteiger partial charge in [-0.25, -0.2) is 0 Å². The molecule has 0 aromatic heterocycles. The summed E-state index contributed by atoms with van der Waals surface area (Å²) in [6.45, 7) is 9.85. The summed E-state index contributed by atoms with van der Waals surface area (Å²) in [4.78, 5) is 11.1. The van der Waals surface area contributed by atoms with Crippen LogP contribution in [0.1, 0.15) is 47.0 Å². The molecular weight excluding hydrogens is 218 g/mol. The number of hydrogen-bond acceptors (Lipinski definition) is 3. The van der Waals surface area contributed by atoms with Crippen LogP contribution in [0.3, 0.4) is 0 Å². The second-order valence-electron chi connectivity index (χ2n) is 5.07. The number of carbonyl (C=O) groups is 1. The van der Waals surface area contributed by atoms with Crippen molar-refractivity contribution in [1.29, 1.82) is 0 Å². The van der Waals surface area contributed by atoms with Gasteiger partial charge in [-0.15, -0.1) is 0 Å². The van der Waals surface area contributed by atoms with E-state index in [4.69, 9.17) is 9.84 Å². The molecule has 0 saturated carbocycles. The molecule has 0 aliphatic carbocycles. The molecule has 0 saturated heterocycles. The van der Waals surface area contributed by atoms with Crippen molar-refractivity contribution in [3.63, 3.8) is 0 Å². The van der Waals surface area contributed by atoms with Gasteiger partial charge in [0.05, 0.1) is 0 Å². The standard InChI is InChI=1S/C13H27NO3/c1-5-14-13(4,12(15)16)8-10-17-9-6-7-11(2)3/h11,14H,5-10H2,1-4H3,(H,15,16). The molecule has 0 aromatic rings. The number of carboxylic acids is 1. The summed E-state index contributed by atoms with van der Waals surface area (Å²) in [6.07, 6.45) is 2.70. The number of ether oxygens (including phenoxy) is 1. The van der Waals surface area contributed by atoms with Gasteiger partial charge >= 0.3 is 5.97 Å².